The van der Waals surface area contributed by atoms with Crippen LogP contribution in [0.25, 0.3) is 0 Å². The second-order valence-corrected chi connectivity index (χ2v) is 3.27. The molecule has 3 nitrogen and oxygen atoms in total. The van der Waals surface area contributed by atoms with E-state index in [1.54, 1.807) is 0 Å². The van der Waals surface area contributed by atoms with Crippen molar-refractivity contribution in [3.63, 3.8) is 0 Å². The second kappa shape index (κ2) is 4.09. The van der Waals surface area contributed by atoms with E-state index < -0.39 is 5.82 Å². The molecular formula is C10H13FN2O. The summed E-state index contributed by atoms with van der Waals surface area (Å²) in [6.07, 6.45) is 0. The van der Waals surface area contributed by atoms with Gasteiger partial charge in [0.05, 0.1) is 0 Å². The monoisotopic (exact) mass is 196 g/mol. The number of phenols is 1. The highest BCUT2D eigenvalue weighted by Crippen LogP contribution is 2.15. The Hall–Kier alpha value is -1.58. The largest absolute Gasteiger partial charge is 0.505 e. The first-order chi connectivity index (χ1) is 6.50. The standard InChI is InChI=1S/C10H13FN2O/c1-6(2)13-10(12)7-3-4-9(14)8(11)5-7/h3-6,14H,1-2H3,(H2,12,13). The third-order valence-corrected chi connectivity index (χ3v) is 1.64. The quantitative estimate of drug-likeness (QED) is 0.558. The predicted octanol–water partition coefficient (Wildman–Crippen LogP) is 1.65. The van der Waals surface area contributed by atoms with Crippen LogP contribution in [-0.4, -0.2) is 17.0 Å². The highest BCUT2D eigenvalue weighted by atomic mass is 19.1. The molecule has 0 aromatic heterocycles. The van der Waals surface area contributed by atoms with Crippen molar-refractivity contribution in [1.82, 2.24) is 0 Å². The zero-order valence-electron chi connectivity index (χ0n) is 8.16. The number of hydrogen-bond acceptors (Lipinski definition) is 2. The fourth-order valence-electron chi connectivity index (χ4n) is 1.02. The number of aromatic hydroxyl groups is 1. The van der Waals surface area contributed by atoms with E-state index in [1.165, 1.54) is 12.1 Å². The molecule has 0 heterocycles. The van der Waals surface area contributed by atoms with Crippen LogP contribution in [0.2, 0.25) is 0 Å². The minimum absolute atomic E-state index is 0.0619. The maximum absolute atomic E-state index is 12.9. The third kappa shape index (κ3) is 2.45. The Labute approximate surface area is 82.1 Å². The van der Waals surface area contributed by atoms with E-state index in [0.29, 0.717) is 5.56 Å². The molecule has 0 atom stereocenters. The Morgan fingerprint density at radius 1 is 1.50 bits per heavy atom. The molecule has 3 N–H and O–H groups in total. The van der Waals surface area contributed by atoms with Crippen LogP contribution in [0.5, 0.6) is 5.75 Å². The van der Waals surface area contributed by atoms with E-state index in [9.17, 15) is 4.39 Å². The smallest absolute Gasteiger partial charge is 0.165 e. The maximum atomic E-state index is 12.9. The number of nitrogens with two attached hydrogens (primary N) is 1. The Morgan fingerprint density at radius 2 is 2.14 bits per heavy atom. The van der Waals surface area contributed by atoms with Crippen LogP contribution >= 0.6 is 0 Å². The molecule has 0 saturated heterocycles. The molecule has 76 valence electrons. The Morgan fingerprint density at radius 3 is 2.64 bits per heavy atom. The highest BCUT2D eigenvalue weighted by Gasteiger charge is 2.04. The first-order valence-corrected chi connectivity index (χ1v) is 4.33. The van der Waals surface area contributed by atoms with Gasteiger partial charge in [-0.15, -0.1) is 0 Å². The highest BCUT2D eigenvalue weighted by molar-refractivity contribution is 5.97. The minimum atomic E-state index is -0.690. The molecule has 1 aromatic carbocycles. The molecule has 0 aliphatic carbocycles. The van der Waals surface area contributed by atoms with Gasteiger partial charge in [-0.05, 0) is 32.0 Å². The lowest BCUT2D eigenvalue weighted by Crippen LogP contribution is -2.15. The lowest BCUT2D eigenvalue weighted by atomic mass is 10.2. The van der Waals surface area contributed by atoms with Crippen LogP contribution < -0.4 is 5.73 Å². The summed E-state index contributed by atoms with van der Waals surface area (Å²) in [6, 6.07) is 4.01. The molecule has 0 aliphatic rings. The van der Waals surface area contributed by atoms with E-state index in [1.807, 2.05) is 13.8 Å². The van der Waals surface area contributed by atoms with Crippen LogP contribution in [0.4, 0.5) is 4.39 Å². The number of phenolic OH excluding ortho intramolecular Hbond substituents is 1. The Balaban J connectivity index is 3.03. The molecular weight excluding hydrogens is 183 g/mol. The summed E-state index contributed by atoms with van der Waals surface area (Å²) in [6.45, 7) is 3.76. The van der Waals surface area contributed by atoms with Gasteiger partial charge < -0.3 is 10.8 Å². The van der Waals surface area contributed by atoms with Crippen molar-refractivity contribution in [3.05, 3.63) is 29.6 Å². The van der Waals surface area contributed by atoms with E-state index in [2.05, 4.69) is 4.99 Å². The summed E-state index contributed by atoms with van der Waals surface area (Å²) < 4.78 is 12.9. The summed E-state index contributed by atoms with van der Waals surface area (Å²) in [5.41, 5.74) is 6.10. The molecule has 1 rings (SSSR count). The van der Waals surface area contributed by atoms with Gasteiger partial charge in [-0.25, -0.2) is 4.39 Å². The molecule has 0 radical (unpaired) electrons. The van der Waals surface area contributed by atoms with Gasteiger partial charge in [-0.3, -0.25) is 4.99 Å². The number of nitrogens with zero attached hydrogens (tertiary/aromatic N) is 1. The van der Waals surface area contributed by atoms with Gasteiger partial charge in [0, 0.05) is 11.6 Å². The van der Waals surface area contributed by atoms with Crippen molar-refractivity contribution in [2.75, 3.05) is 0 Å². The predicted molar refractivity (Wildman–Crippen MR) is 53.9 cm³/mol. The maximum Gasteiger partial charge on any atom is 0.165 e. The van der Waals surface area contributed by atoms with Crippen molar-refractivity contribution in [2.45, 2.75) is 19.9 Å². The van der Waals surface area contributed by atoms with Crippen molar-refractivity contribution in [2.24, 2.45) is 10.7 Å². The molecule has 0 unspecified atom stereocenters. The summed E-state index contributed by atoms with van der Waals surface area (Å²) in [4.78, 5) is 4.06. The fourth-order valence-corrected chi connectivity index (χ4v) is 1.02. The molecule has 14 heavy (non-hydrogen) atoms. The average Bonchev–Trinajstić information content (AvgIpc) is 2.08. The van der Waals surface area contributed by atoms with Crippen LogP contribution in [0.1, 0.15) is 19.4 Å². The average molecular weight is 196 g/mol. The molecule has 0 aliphatic heterocycles. The van der Waals surface area contributed by atoms with Gasteiger partial charge in [0.15, 0.2) is 11.6 Å². The summed E-state index contributed by atoms with van der Waals surface area (Å²) in [7, 11) is 0. The lowest BCUT2D eigenvalue weighted by Gasteiger charge is -2.04. The van der Waals surface area contributed by atoms with Crippen LogP contribution in [0.15, 0.2) is 23.2 Å². The summed E-state index contributed by atoms with van der Waals surface area (Å²) in [5, 5.41) is 8.95. The molecule has 0 spiro atoms. The summed E-state index contributed by atoms with van der Waals surface area (Å²) in [5.74, 6) is -0.797. The minimum Gasteiger partial charge on any atom is -0.505 e. The molecule has 0 fully saturated rings. The number of amidine groups is 1. The molecule has 0 saturated carbocycles. The molecule has 1 aromatic rings. The molecule has 0 amide bonds. The SMILES string of the molecule is CC(C)N=C(N)c1ccc(O)c(F)c1. The first kappa shape index (κ1) is 10.5. The van der Waals surface area contributed by atoms with E-state index in [4.69, 9.17) is 10.8 Å². The van der Waals surface area contributed by atoms with Gasteiger partial charge in [0.2, 0.25) is 0 Å². The van der Waals surface area contributed by atoms with Gasteiger partial charge in [-0.2, -0.15) is 0 Å². The number of rotatable bonds is 2. The fraction of sp³-hybridized carbons (Fsp3) is 0.300. The topological polar surface area (TPSA) is 58.6 Å². The van der Waals surface area contributed by atoms with Crippen molar-refractivity contribution in [1.29, 1.82) is 0 Å². The van der Waals surface area contributed by atoms with Crippen LogP contribution in [0, 0.1) is 5.82 Å². The van der Waals surface area contributed by atoms with Gasteiger partial charge >= 0.3 is 0 Å². The Bertz CT molecular complexity index is 361. The second-order valence-electron chi connectivity index (χ2n) is 3.27. The first-order valence-electron chi connectivity index (χ1n) is 4.33. The summed E-state index contributed by atoms with van der Waals surface area (Å²) >= 11 is 0. The van der Waals surface area contributed by atoms with Crippen molar-refractivity contribution < 1.29 is 9.50 Å². The number of hydrogen-bond donors (Lipinski definition) is 2. The van der Waals surface area contributed by atoms with E-state index >= 15 is 0 Å². The van der Waals surface area contributed by atoms with Gasteiger partial charge in [0.1, 0.15) is 5.84 Å². The van der Waals surface area contributed by atoms with Gasteiger partial charge in [0.25, 0.3) is 0 Å². The van der Waals surface area contributed by atoms with Crippen LogP contribution in [0.3, 0.4) is 0 Å². The lowest BCUT2D eigenvalue weighted by molar-refractivity contribution is 0.432. The van der Waals surface area contributed by atoms with Crippen LogP contribution in [-0.2, 0) is 0 Å². The normalized spacial score (nSPS) is 12.1. The van der Waals surface area contributed by atoms with Crippen molar-refractivity contribution >= 4 is 5.84 Å². The zero-order chi connectivity index (χ0) is 10.7. The molecule has 4 heteroatoms. The number of aliphatic imine (C=N–C) groups is 1. The Kier molecular flexibility index (Phi) is 3.06. The zero-order valence-corrected chi connectivity index (χ0v) is 8.16. The van der Waals surface area contributed by atoms with E-state index in [0.717, 1.165) is 6.07 Å². The third-order valence-electron chi connectivity index (χ3n) is 1.64. The van der Waals surface area contributed by atoms with Crippen molar-refractivity contribution in [3.8, 4) is 5.75 Å². The van der Waals surface area contributed by atoms with Gasteiger partial charge in [-0.1, -0.05) is 0 Å². The number of halogens is 1. The van der Waals surface area contributed by atoms with E-state index in [-0.39, 0.29) is 17.6 Å². The molecule has 0 bridgehead atoms. The number of benzene rings is 1.